The van der Waals surface area contributed by atoms with Crippen LogP contribution in [0.25, 0.3) is 0 Å². The average Bonchev–Trinajstić information content (AvgIpc) is 2.42. The van der Waals surface area contributed by atoms with Gasteiger partial charge >= 0.3 is 0 Å². The second kappa shape index (κ2) is 8.50. The molecule has 0 aromatic heterocycles. The summed E-state index contributed by atoms with van der Waals surface area (Å²) >= 11 is 1.99. The van der Waals surface area contributed by atoms with Crippen LogP contribution >= 0.6 is 24.2 Å². The van der Waals surface area contributed by atoms with E-state index >= 15 is 0 Å². The van der Waals surface area contributed by atoms with Crippen molar-refractivity contribution in [3.05, 3.63) is 0 Å². The molecule has 0 aliphatic carbocycles. The maximum absolute atomic E-state index is 12.5. The summed E-state index contributed by atoms with van der Waals surface area (Å²) < 4.78 is 0. The first-order chi connectivity index (χ1) is 9.09. The fourth-order valence-corrected chi connectivity index (χ4v) is 4.36. The average molecular weight is 321 g/mol. The van der Waals surface area contributed by atoms with Gasteiger partial charge in [-0.15, -0.1) is 12.4 Å². The van der Waals surface area contributed by atoms with Crippen LogP contribution in [0.4, 0.5) is 0 Å². The Balaban J connectivity index is 0.00000200. The van der Waals surface area contributed by atoms with Gasteiger partial charge in [-0.2, -0.15) is 11.8 Å². The molecule has 3 atom stereocenters. The van der Waals surface area contributed by atoms with Gasteiger partial charge in [0.2, 0.25) is 5.91 Å². The van der Waals surface area contributed by atoms with Crippen LogP contribution in [-0.2, 0) is 4.79 Å². The number of hydrogen-bond donors (Lipinski definition) is 1. The second-order valence-electron chi connectivity index (χ2n) is 6.17. The molecule has 1 amide bonds. The minimum Gasteiger partial charge on any atom is -0.338 e. The van der Waals surface area contributed by atoms with Crippen molar-refractivity contribution in [3.8, 4) is 0 Å². The Morgan fingerprint density at radius 3 is 2.65 bits per heavy atom. The molecule has 2 aliphatic rings. The van der Waals surface area contributed by atoms with E-state index in [1.165, 1.54) is 12.8 Å². The molecule has 2 saturated heterocycles. The predicted molar refractivity (Wildman–Crippen MR) is 89.7 cm³/mol. The number of hydrogen-bond acceptors (Lipinski definition) is 3. The molecular formula is C15H29ClN2OS. The van der Waals surface area contributed by atoms with E-state index in [0.717, 1.165) is 37.7 Å². The van der Waals surface area contributed by atoms with Crippen LogP contribution in [0.3, 0.4) is 0 Å². The minimum absolute atomic E-state index is 0. The monoisotopic (exact) mass is 320 g/mol. The maximum atomic E-state index is 12.5. The second-order valence-corrected chi connectivity index (χ2v) is 7.66. The molecule has 2 heterocycles. The summed E-state index contributed by atoms with van der Waals surface area (Å²) in [6.45, 7) is 9.89. The van der Waals surface area contributed by atoms with Crippen LogP contribution in [0.1, 0.15) is 40.0 Å². The van der Waals surface area contributed by atoms with Gasteiger partial charge in [0, 0.05) is 30.0 Å². The Kier molecular flexibility index (Phi) is 7.70. The maximum Gasteiger partial charge on any atom is 0.223 e. The van der Waals surface area contributed by atoms with Crippen molar-refractivity contribution in [1.82, 2.24) is 10.2 Å². The fraction of sp³-hybridized carbons (Fsp3) is 0.933. The van der Waals surface area contributed by atoms with E-state index in [2.05, 4.69) is 31.0 Å². The molecule has 0 spiro atoms. The molecule has 0 aromatic rings. The summed E-state index contributed by atoms with van der Waals surface area (Å²) in [7, 11) is 0. The normalized spacial score (nSPS) is 29.6. The van der Waals surface area contributed by atoms with Crippen LogP contribution in [0.15, 0.2) is 0 Å². The lowest BCUT2D eigenvalue weighted by Gasteiger charge is -2.38. The predicted octanol–water partition coefficient (Wildman–Crippen LogP) is 2.79. The summed E-state index contributed by atoms with van der Waals surface area (Å²) in [5, 5.41) is 3.98. The molecule has 3 nitrogen and oxygen atoms in total. The largest absolute Gasteiger partial charge is 0.338 e. The molecule has 118 valence electrons. The van der Waals surface area contributed by atoms with Crippen molar-refractivity contribution in [3.63, 3.8) is 0 Å². The summed E-state index contributed by atoms with van der Waals surface area (Å²) in [5.41, 5.74) is 0. The summed E-state index contributed by atoms with van der Waals surface area (Å²) in [4.78, 5) is 14.6. The van der Waals surface area contributed by atoms with Crippen molar-refractivity contribution in [2.24, 2.45) is 11.8 Å². The zero-order valence-corrected chi connectivity index (χ0v) is 14.6. The molecule has 0 aromatic carbocycles. The quantitative estimate of drug-likeness (QED) is 0.868. The highest BCUT2D eigenvalue weighted by atomic mass is 35.5. The molecule has 2 fully saturated rings. The first kappa shape index (κ1) is 18.1. The van der Waals surface area contributed by atoms with Gasteiger partial charge in [-0.05, 0) is 44.7 Å². The number of rotatable bonds is 3. The molecular weight excluding hydrogens is 292 g/mol. The Labute approximate surface area is 134 Å². The molecule has 2 aliphatic heterocycles. The summed E-state index contributed by atoms with van der Waals surface area (Å²) in [6.07, 6.45) is 3.21. The highest BCUT2D eigenvalue weighted by Crippen LogP contribution is 2.28. The van der Waals surface area contributed by atoms with E-state index in [-0.39, 0.29) is 12.4 Å². The lowest BCUT2D eigenvalue weighted by Crippen LogP contribution is -2.48. The number of nitrogens with zero attached hydrogens (tertiary/aromatic N) is 1. The molecule has 0 saturated carbocycles. The van der Waals surface area contributed by atoms with E-state index in [1.54, 1.807) is 0 Å². The Bertz CT molecular complexity index is 310. The van der Waals surface area contributed by atoms with Gasteiger partial charge in [0.25, 0.3) is 0 Å². The van der Waals surface area contributed by atoms with Gasteiger partial charge in [0.05, 0.1) is 0 Å². The van der Waals surface area contributed by atoms with Crippen molar-refractivity contribution in [2.45, 2.75) is 51.3 Å². The van der Waals surface area contributed by atoms with Crippen molar-refractivity contribution < 1.29 is 4.79 Å². The lowest BCUT2D eigenvalue weighted by atomic mass is 9.84. The number of nitrogens with one attached hydrogen (secondary N) is 1. The lowest BCUT2D eigenvalue weighted by molar-refractivity contribution is -0.134. The van der Waals surface area contributed by atoms with Crippen molar-refractivity contribution >= 4 is 30.1 Å². The van der Waals surface area contributed by atoms with E-state index in [1.807, 2.05) is 11.8 Å². The number of halogens is 1. The molecule has 20 heavy (non-hydrogen) atoms. The van der Waals surface area contributed by atoms with E-state index in [0.29, 0.717) is 23.1 Å². The summed E-state index contributed by atoms with van der Waals surface area (Å²) in [6, 6.07) is 0.395. The minimum atomic E-state index is 0. The van der Waals surface area contributed by atoms with Gasteiger partial charge in [0.1, 0.15) is 0 Å². The number of carbonyl (C=O) groups excluding carboxylic acids is 1. The van der Waals surface area contributed by atoms with Crippen LogP contribution < -0.4 is 5.32 Å². The highest BCUT2D eigenvalue weighted by molar-refractivity contribution is 8.00. The fourth-order valence-electron chi connectivity index (χ4n) is 3.26. The van der Waals surface area contributed by atoms with Crippen LogP contribution in [0.5, 0.6) is 0 Å². The van der Waals surface area contributed by atoms with Crippen molar-refractivity contribution in [1.29, 1.82) is 0 Å². The Morgan fingerprint density at radius 2 is 2.00 bits per heavy atom. The van der Waals surface area contributed by atoms with Gasteiger partial charge < -0.3 is 10.2 Å². The van der Waals surface area contributed by atoms with Gasteiger partial charge in [-0.1, -0.05) is 13.8 Å². The van der Waals surface area contributed by atoms with E-state index < -0.39 is 0 Å². The number of carbonyl (C=O) groups is 1. The first-order valence-electron chi connectivity index (χ1n) is 7.71. The molecule has 5 heteroatoms. The molecule has 3 unspecified atom stereocenters. The zero-order valence-electron chi connectivity index (χ0n) is 12.9. The smallest absolute Gasteiger partial charge is 0.223 e. The van der Waals surface area contributed by atoms with Crippen LogP contribution in [0.2, 0.25) is 0 Å². The molecule has 0 radical (unpaired) electrons. The van der Waals surface area contributed by atoms with E-state index in [4.69, 9.17) is 0 Å². The van der Waals surface area contributed by atoms with Gasteiger partial charge in [-0.3, -0.25) is 4.79 Å². The van der Waals surface area contributed by atoms with Gasteiger partial charge in [0.15, 0.2) is 0 Å². The Hall–Kier alpha value is 0.0700. The first-order valence-corrected chi connectivity index (χ1v) is 8.76. The van der Waals surface area contributed by atoms with E-state index in [9.17, 15) is 4.79 Å². The topological polar surface area (TPSA) is 32.3 Å². The third-order valence-corrected chi connectivity index (χ3v) is 6.23. The number of thioether (sulfide) groups is 1. The van der Waals surface area contributed by atoms with Crippen LogP contribution in [-0.4, -0.2) is 47.5 Å². The van der Waals surface area contributed by atoms with Crippen LogP contribution in [0, 0.1) is 11.8 Å². The Morgan fingerprint density at radius 1 is 1.35 bits per heavy atom. The zero-order chi connectivity index (χ0) is 13.8. The molecule has 1 N–H and O–H groups in total. The molecule has 2 rings (SSSR count). The third kappa shape index (κ3) is 4.54. The van der Waals surface area contributed by atoms with Crippen molar-refractivity contribution in [2.75, 3.05) is 25.4 Å². The third-order valence-electron chi connectivity index (χ3n) is 4.89. The summed E-state index contributed by atoms with van der Waals surface area (Å²) in [5.74, 6) is 2.74. The number of piperidine rings is 1. The number of amides is 1. The molecule has 0 bridgehead atoms. The SMILES string of the molecule is CC(CC(=O)N1CCSC(C)C1C)C1CCNCC1.Cl. The highest BCUT2D eigenvalue weighted by Gasteiger charge is 2.30. The van der Waals surface area contributed by atoms with Gasteiger partial charge in [-0.25, -0.2) is 0 Å². The standard InChI is InChI=1S/C15H28N2OS.ClH/c1-11(14-4-6-16-7-5-14)10-15(18)17-8-9-19-13(3)12(17)2;/h11-14,16H,4-10H2,1-3H3;1H.